The van der Waals surface area contributed by atoms with Gasteiger partial charge in [-0.2, -0.15) is 0 Å². The molecule has 3 N–H and O–H groups in total. The van der Waals surface area contributed by atoms with Gasteiger partial charge in [0.25, 0.3) is 0 Å². The highest BCUT2D eigenvalue weighted by Crippen LogP contribution is 2.20. The van der Waals surface area contributed by atoms with Gasteiger partial charge in [0.2, 0.25) is 5.91 Å². The molecule has 0 saturated heterocycles. The number of nitrogens with zero attached hydrogens (tertiary/aromatic N) is 2. The summed E-state index contributed by atoms with van der Waals surface area (Å²) in [4.78, 5) is 19.4. The van der Waals surface area contributed by atoms with E-state index in [1.54, 1.807) is 11.8 Å². The Labute approximate surface area is 129 Å². The van der Waals surface area contributed by atoms with Crippen LogP contribution < -0.4 is 10.8 Å². The summed E-state index contributed by atoms with van der Waals surface area (Å²) in [6.45, 7) is 2.89. The van der Waals surface area contributed by atoms with Crippen LogP contribution in [0.25, 0.3) is 10.9 Å². The van der Waals surface area contributed by atoms with Crippen molar-refractivity contribution in [3.8, 4) is 0 Å². The molecule has 0 atom stereocenters. The van der Waals surface area contributed by atoms with Crippen LogP contribution >= 0.6 is 0 Å². The minimum absolute atomic E-state index is 0.319. The predicted octanol–water partition coefficient (Wildman–Crippen LogP) is 2.81. The zero-order chi connectivity index (χ0) is 15.8. The zero-order valence-electron chi connectivity index (χ0n) is 12.8. The summed E-state index contributed by atoms with van der Waals surface area (Å²) in [5.74, 6) is 0.547. The van der Waals surface area contributed by atoms with Gasteiger partial charge in [-0.15, -0.1) is 0 Å². The number of amides is 1. The first kappa shape index (κ1) is 16.2. The van der Waals surface area contributed by atoms with Gasteiger partial charge in [0, 0.05) is 18.4 Å². The van der Waals surface area contributed by atoms with Crippen molar-refractivity contribution < 1.29 is 10.0 Å². The number of rotatable bonds is 8. The van der Waals surface area contributed by atoms with Crippen LogP contribution in [-0.4, -0.2) is 27.6 Å². The van der Waals surface area contributed by atoms with Crippen molar-refractivity contribution in [3.05, 3.63) is 30.1 Å². The van der Waals surface area contributed by atoms with E-state index in [9.17, 15) is 4.79 Å². The lowest BCUT2D eigenvalue weighted by molar-refractivity contribution is -0.129. The summed E-state index contributed by atoms with van der Waals surface area (Å²) >= 11 is 0. The molecule has 0 radical (unpaired) electrons. The normalized spacial score (nSPS) is 10.6. The van der Waals surface area contributed by atoms with Crippen molar-refractivity contribution in [3.63, 3.8) is 0 Å². The molecule has 6 nitrogen and oxygen atoms in total. The van der Waals surface area contributed by atoms with E-state index in [1.807, 2.05) is 19.1 Å². The Morgan fingerprint density at radius 1 is 1.18 bits per heavy atom. The maximum atomic E-state index is 10.8. The summed E-state index contributed by atoms with van der Waals surface area (Å²) in [5, 5.41) is 12.8. The van der Waals surface area contributed by atoms with E-state index in [0.717, 1.165) is 48.9 Å². The molecular weight excluding hydrogens is 280 g/mol. The fourth-order valence-corrected chi connectivity index (χ4v) is 2.33. The van der Waals surface area contributed by atoms with Crippen LogP contribution in [0.3, 0.4) is 0 Å². The Hall–Kier alpha value is -2.21. The number of benzene rings is 1. The lowest BCUT2D eigenvalue weighted by Gasteiger charge is -2.08. The van der Waals surface area contributed by atoms with Crippen LogP contribution in [0.2, 0.25) is 0 Å². The third-order valence-corrected chi connectivity index (χ3v) is 3.54. The number of hydrogen-bond acceptors (Lipinski definition) is 5. The highest BCUT2D eigenvalue weighted by molar-refractivity contribution is 5.89. The lowest BCUT2D eigenvalue weighted by atomic mass is 10.1. The zero-order valence-corrected chi connectivity index (χ0v) is 12.8. The molecule has 1 aromatic heterocycles. The minimum atomic E-state index is -0.319. The van der Waals surface area contributed by atoms with Crippen molar-refractivity contribution in [1.82, 2.24) is 15.4 Å². The van der Waals surface area contributed by atoms with E-state index in [1.165, 1.54) is 5.56 Å². The van der Waals surface area contributed by atoms with E-state index >= 15 is 0 Å². The number of aromatic nitrogens is 2. The molecule has 6 heteroatoms. The Kier molecular flexibility index (Phi) is 6.09. The third-order valence-electron chi connectivity index (χ3n) is 3.54. The van der Waals surface area contributed by atoms with Gasteiger partial charge >= 0.3 is 0 Å². The molecular formula is C16H22N4O2. The summed E-state index contributed by atoms with van der Waals surface area (Å²) in [6, 6.07) is 6.15. The van der Waals surface area contributed by atoms with Crippen LogP contribution in [0.4, 0.5) is 5.82 Å². The second kappa shape index (κ2) is 8.29. The molecule has 2 aromatic rings. The summed E-state index contributed by atoms with van der Waals surface area (Å²) in [6.07, 6.45) is 5.77. The monoisotopic (exact) mass is 302 g/mol. The first-order valence-corrected chi connectivity index (χ1v) is 7.59. The molecule has 0 saturated carbocycles. The van der Waals surface area contributed by atoms with E-state index in [0.29, 0.717) is 6.42 Å². The van der Waals surface area contributed by atoms with E-state index in [4.69, 9.17) is 5.21 Å². The van der Waals surface area contributed by atoms with Gasteiger partial charge in [-0.3, -0.25) is 10.0 Å². The van der Waals surface area contributed by atoms with Gasteiger partial charge in [-0.25, -0.2) is 15.4 Å². The maximum absolute atomic E-state index is 10.8. The van der Waals surface area contributed by atoms with Gasteiger partial charge in [-0.1, -0.05) is 18.9 Å². The number of unbranched alkanes of at least 4 members (excludes halogenated alkanes) is 3. The SMILES string of the molecule is Cc1ccc2c(NCCCCCCC(=O)NO)ncnc2c1. The number of nitrogens with one attached hydrogen (secondary N) is 2. The van der Waals surface area contributed by atoms with Gasteiger partial charge in [0.15, 0.2) is 0 Å². The van der Waals surface area contributed by atoms with Crippen molar-refractivity contribution in [1.29, 1.82) is 0 Å². The molecule has 0 spiro atoms. The number of hydrogen-bond donors (Lipinski definition) is 3. The molecule has 0 unspecified atom stereocenters. The first-order chi connectivity index (χ1) is 10.7. The van der Waals surface area contributed by atoms with Gasteiger partial charge in [0.1, 0.15) is 12.1 Å². The van der Waals surface area contributed by atoms with Crippen LogP contribution in [0.15, 0.2) is 24.5 Å². The van der Waals surface area contributed by atoms with E-state index < -0.39 is 0 Å². The summed E-state index contributed by atoms with van der Waals surface area (Å²) in [5.41, 5.74) is 3.78. The van der Waals surface area contributed by atoms with Crippen molar-refractivity contribution in [2.75, 3.05) is 11.9 Å². The minimum Gasteiger partial charge on any atom is -0.369 e. The lowest BCUT2D eigenvalue weighted by Crippen LogP contribution is -2.17. The smallest absolute Gasteiger partial charge is 0.243 e. The molecule has 22 heavy (non-hydrogen) atoms. The second-order valence-electron chi connectivity index (χ2n) is 5.37. The Bertz CT molecular complexity index is 631. The standard InChI is InChI=1S/C16H22N4O2/c1-12-7-8-13-14(10-12)18-11-19-16(13)17-9-5-3-2-4-6-15(21)20-22/h7-8,10-11,22H,2-6,9H2,1H3,(H,20,21)(H,17,18,19). The van der Waals surface area contributed by atoms with Gasteiger partial charge in [-0.05, 0) is 37.5 Å². The summed E-state index contributed by atoms with van der Waals surface area (Å²) < 4.78 is 0. The number of anilines is 1. The molecule has 0 aliphatic carbocycles. The Morgan fingerprint density at radius 2 is 2.00 bits per heavy atom. The van der Waals surface area contributed by atoms with Gasteiger partial charge < -0.3 is 5.32 Å². The fourth-order valence-electron chi connectivity index (χ4n) is 2.33. The van der Waals surface area contributed by atoms with Crippen molar-refractivity contribution >= 4 is 22.6 Å². The molecule has 0 bridgehead atoms. The third kappa shape index (κ3) is 4.66. The molecule has 1 amide bonds. The molecule has 0 aliphatic rings. The highest BCUT2D eigenvalue weighted by atomic mass is 16.5. The molecule has 1 heterocycles. The molecule has 1 aromatic carbocycles. The number of aryl methyl sites for hydroxylation is 1. The van der Waals surface area contributed by atoms with Gasteiger partial charge in [0.05, 0.1) is 5.52 Å². The van der Waals surface area contributed by atoms with Crippen molar-refractivity contribution in [2.24, 2.45) is 0 Å². The number of carbonyl (C=O) groups excluding carboxylic acids is 1. The Morgan fingerprint density at radius 3 is 2.82 bits per heavy atom. The first-order valence-electron chi connectivity index (χ1n) is 7.59. The average Bonchev–Trinajstić information content (AvgIpc) is 2.53. The second-order valence-corrected chi connectivity index (χ2v) is 5.37. The maximum Gasteiger partial charge on any atom is 0.243 e. The highest BCUT2D eigenvalue weighted by Gasteiger charge is 2.03. The topological polar surface area (TPSA) is 87.1 Å². The van der Waals surface area contributed by atoms with Crippen LogP contribution in [0.1, 0.15) is 37.7 Å². The number of hydroxylamine groups is 1. The average molecular weight is 302 g/mol. The molecule has 0 fully saturated rings. The predicted molar refractivity (Wildman–Crippen MR) is 85.8 cm³/mol. The number of fused-ring (bicyclic) bond motifs is 1. The van der Waals surface area contributed by atoms with E-state index in [-0.39, 0.29) is 5.91 Å². The largest absolute Gasteiger partial charge is 0.369 e. The Balaban J connectivity index is 1.75. The molecule has 118 valence electrons. The number of carbonyl (C=O) groups is 1. The summed E-state index contributed by atoms with van der Waals surface area (Å²) in [7, 11) is 0. The van der Waals surface area contributed by atoms with E-state index in [2.05, 4.69) is 21.4 Å². The quantitative estimate of drug-likeness (QED) is 0.396. The van der Waals surface area contributed by atoms with Crippen LogP contribution in [0.5, 0.6) is 0 Å². The fraction of sp³-hybridized carbons (Fsp3) is 0.438. The van der Waals surface area contributed by atoms with Crippen LogP contribution in [0, 0.1) is 6.92 Å². The van der Waals surface area contributed by atoms with Crippen molar-refractivity contribution in [2.45, 2.75) is 39.0 Å². The van der Waals surface area contributed by atoms with Crippen LogP contribution in [-0.2, 0) is 4.79 Å². The molecule has 0 aliphatic heterocycles. The molecule has 2 rings (SSSR count).